The maximum atomic E-state index is 10.7. The van der Waals surface area contributed by atoms with Crippen LogP contribution in [0.3, 0.4) is 0 Å². The minimum Gasteiger partial charge on any atom is -0.543 e. The Bertz CT molecular complexity index is 512. The summed E-state index contributed by atoms with van der Waals surface area (Å²) in [6.45, 7) is 0. The van der Waals surface area contributed by atoms with E-state index in [1.807, 2.05) is 0 Å². The molecule has 2 aromatic rings. The van der Waals surface area contributed by atoms with Gasteiger partial charge < -0.3 is 9.90 Å². The number of hydrogen-bond acceptors (Lipinski definition) is 6. The van der Waals surface area contributed by atoms with Gasteiger partial charge in [-0.25, -0.2) is 0 Å². The standard InChI is InChI=1S/C9H5ClN2O2S2/c10-5-1-3-6(4-2-5)15-9-7(8(13)14)11-12-16-9/h1-4H,(H,13,14)/p-1. The van der Waals surface area contributed by atoms with Crippen molar-refractivity contribution >= 4 is 40.9 Å². The van der Waals surface area contributed by atoms with Crippen molar-refractivity contribution in [3.63, 3.8) is 0 Å². The summed E-state index contributed by atoms with van der Waals surface area (Å²) in [7, 11) is 0. The van der Waals surface area contributed by atoms with Crippen LogP contribution in [0.15, 0.2) is 33.4 Å². The molecule has 0 atom stereocenters. The molecule has 0 aliphatic heterocycles. The fraction of sp³-hybridized carbons (Fsp3) is 0. The largest absolute Gasteiger partial charge is 0.543 e. The lowest BCUT2D eigenvalue weighted by atomic mass is 10.4. The van der Waals surface area contributed by atoms with Crippen molar-refractivity contribution < 1.29 is 9.90 Å². The topological polar surface area (TPSA) is 65.9 Å². The number of carboxylic acids is 1. The van der Waals surface area contributed by atoms with E-state index in [4.69, 9.17) is 11.6 Å². The third-order valence-electron chi connectivity index (χ3n) is 1.68. The second-order valence-electron chi connectivity index (χ2n) is 2.75. The summed E-state index contributed by atoms with van der Waals surface area (Å²) in [5, 5.41) is 14.8. The van der Waals surface area contributed by atoms with Gasteiger partial charge in [0.05, 0.1) is 5.97 Å². The zero-order valence-electron chi connectivity index (χ0n) is 7.71. The van der Waals surface area contributed by atoms with E-state index in [2.05, 4.69) is 9.59 Å². The predicted octanol–water partition coefficient (Wildman–Crippen LogP) is 1.71. The molecule has 0 aliphatic carbocycles. The van der Waals surface area contributed by atoms with Crippen LogP contribution in [0, 0.1) is 0 Å². The Balaban J connectivity index is 2.23. The number of halogens is 1. The van der Waals surface area contributed by atoms with E-state index in [9.17, 15) is 9.90 Å². The lowest BCUT2D eigenvalue weighted by Gasteiger charge is -2.01. The number of carbonyl (C=O) groups is 1. The fourth-order valence-electron chi connectivity index (χ4n) is 0.983. The zero-order chi connectivity index (χ0) is 11.5. The van der Waals surface area contributed by atoms with E-state index in [1.54, 1.807) is 24.3 Å². The molecule has 0 unspecified atom stereocenters. The number of carboxylic acid groups (broad SMARTS) is 1. The number of carbonyl (C=O) groups excluding carboxylic acids is 1. The van der Waals surface area contributed by atoms with E-state index in [0.29, 0.717) is 9.23 Å². The van der Waals surface area contributed by atoms with Gasteiger partial charge in [0.25, 0.3) is 0 Å². The third-order valence-corrected chi connectivity index (χ3v) is 3.81. The Labute approximate surface area is 104 Å². The molecule has 1 heterocycles. The first kappa shape index (κ1) is 11.4. The monoisotopic (exact) mass is 271 g/mol. The molecule has 1 aromatic heterocycles. The summed E-state index contributed by atoms with van der Waals surface area (Å²) in [6, 6.07) is 7.06. The first-order chi connectivity index (χ1) is 7.66. The van der Waals surface area contributed by atoms with Crippen molar-refractivity contribution in [3.05, 3.63) is 35.0 Å². The van der Waals surface area contributed by atoms with Crippen molar-refractivity contribution in [2.45, 2.75) is 9.10 Å². The first-order valence-corrected chi connectivity index (χ1v) is 6.11. The number of aromatic carboxylic acids is 1. The second kappa shape index (κ2) is 4.82. The highest BCUT2D eigenvalue weighted by Gasteiger charge is 2.10. The summed E-state index contributed by atoms with van der Waals surface area (Å²) in [5.41, 5.74) is -0.120. The van der Waals surface area contributed by atoms with Crippen LogP contribution in [-0.4, -0.2) is 15.6 Å². The molecule has 7 heteroatoms. The highest BCUT2D eigenvalue weighted by atomic mass is 35.5. The van der Waals surface area contributed by atoms with Crippen LogP contribution in [-0.2, 0) is 0 Å². The van der Waals surface area contributed by atoms with Gasteiger partial charge in [-0.15, -0.1) is 5.10 Å². The number of benzene rings is 1. The molecular weight excluding hydrogens is 268 g/mol. The minimum absolute atomic E-state index is 0.120. The van der Waals surface area contributed by atoms with Gasteiger partial charge in [0.2, 0.25) is 0 Å². The molecule has 0 amide bonds. The average molecular weight is 272 g/mol. The number of nitrogens with zero attached hydrogens (tertiary/aromatic N) is 2. The van der Waals surface area contributed by atoms with Gasteiger partial charge in [-0.05, 0) is 35.8 Å². The number of hydrogen-bond donors (Lipinski definition) is 0. The molecule has 4 nitrogen and oxygen atoms in total. The SMILES string of the molecule is O=C([O-])c1nnsc1Sc1ccc(Cl)cc1. The molecule has 2 rings (SSSR count). The quantitative estimate of drug-likeness (QED) is 0.850. The van der Waals surface area contributed by atoms with Gasteiger partial charge in [-0.1, -0.05) is 27.9 Å². The predicted molar refractivity (Wildman–Crippen MR) is 59.8 cm³/mol. The van der Waals surface area contributed by atoms with Crippen LogP contribution in [0.25, 0.3) is 0 Å². The Kier molecular flexibility index (Phi) is 3.42. The number of aromatic nitrogens is 2. The van der Waals surface area contributed by atoms with Crippen molar-refractivity contribution in [2.75, 3.05) is 0 Å². The maximum absolute atomic E-state index is 10.7. The van der Waals surface area contributed by atoms with E-state index in [1.165, 1.54) is 11.8 Å². The first-order valence-electron chi connectivity index (χ1n) is 4.14. The van der Waals surface area contributed by atoms with Crippen LogP contribution in [0.1, 0.15) is 10.5 Å². The van der Waals surface area contributed by atoms with Crippen LogP contribution in [0.2, 0.25) is 5.02 Å². The molecular formula is C9H4ClN2O2S2-. The van der Waals surface area contributed by atoms with Crippen LogP contribution in [0.5, 0.6) is 0 Å². The number of rotatable bonds is 3. The van der Waals surface area contributed by atoms with Crippen LogP contribution < -0.4 is 5.11 Å². The lowest BCUT2D eigenvalue weighted by Crippen LogP contribution is -2.23. The van der Waals surface area contributed by atoms with Gasteiger partial charge in [0, 0.05) is 9.92 Å². The summed E-state index contributed by atoms with van der Waals surface area (Å²) in [4.78, 5) is 11.6. The lowest BCUT2D eigenvalue weighted by molar-refractivity contribution is -0.255. The molecule has 0 bridgehead atoms. The molecule has 0 saturated carbocycles. The molecule has 0 saturated heterocycles. The Morgan fingerprint density at radius 3 is 2.69 bits per heavy atom. The molecule has 0 aliphatic rings. The van der Waals surface area contributed by atoms with Crippen LogP contribution in [0.4, 0.5) is 0 Å². The Hall–Kier alpha value is -1.11. The molecule has 16 heavy (non-hydrogen) atoms. The molecule has 82 valence electrons. The second-order valence-corrected chi connectivity index (χ2v) is 5.29. The third kappa shape index (κ3) is 2.52. The van der Waals surface area contributed by atoms with E-state index >= 15 is 0 Å². The molecule has 0 spiro atoms. The van der Waals surface area contributed by atoms with E-state index < -0.39 is 5.97 Å². The van der Waals surface area contributed by atoms with E-state index in [0.717, 1.165) is 16.4 Å². The normalized spacial score (nSPS) is 10.3. The molecule has 0 fully saturated rings. The summed E-state index contributed by atoms with van der Waals surface area (Å²) < 4.78 is 4.08. The van der Waals surface area contributed by atoms with Gasteiger partial charge >= 0.3 is 0 Å². The fourth-order valence-corrected chi connectivity index (χ4v) is 2.76. The molecule has 0 N–H and O–H groups in total. The van der Waals surface area contributed by atoms with Gasteiger partial charge in [0.15, 0.2) is 0 Å². The Morgan fingerprint density at radius 1 is 1.38 bits per heavy atom. The summed E-state index contributed by atoms with van der Waals surface area (Å²) >= 11 is 8.04. The molecule has 1 aromatic carbocycles. The van der Waals surface area contributed by atoms with Crippen molar-refractivity contribution in [1.82, 2.24) is 9.59 Å². The van der Waals surface area contributed by atoms with Crippen molar-refractivity contribution in [1.29, 1.82) is 0 Å². The summed E-state index contributed by atoms with van der Waals surface area (Å²) in [5.74, 6) is -1.31. The average Bonchev–Trinajstić information content (AvgIpc) is 2.69. The Morgan fingerprint density at radius 2 is 2.06 bits per heavy atom. The van der Waals surface area contributed by atoms with Crippen molar-refractivity contribution in [2.24, 2.45) is 0 Å². The summed E-state index contributed by atoms with van der Waals surface area (Å²) in [6.07, 6.45) is 0. The van der Waals surface area contributed by atoms with Gasteiger partial charge in [-0.3, -0.25) is 0 Å². The highest BCUT2D eigenvalue weighted by Crippen LogP contribution is 2.32. The zero-order valence-corrected chi connectivity index (χ0v) is 10.1. The minimum atomic E-state index is -1.31. The smallest absolute Gasteiger partial charge is 0.135 e. The van der Waals surface area contributed by atoms with Crippen molar-refractivity contribution in [3.8, 4) is 0 Å². The highest BCUT2D eigenvalue weighted by molar-refractivity contribution is 8.01. The van der Waals surface area contributed by atoms with Crippen LogP contribution >= 0.6 is 34.9 Å². The molecule has 0 radical (unpaired) electrons. The van der Waals surface area contributed by atoms with Gasteiger partial charge in [-0.2, -0.15) is 0 Å². The van der Waals surface area contributed by atoms with E-state index in [-0.39, 0.29) is 5.69 Å². The van der Waals surface area contributed by atoms with Gasteiger partial charge in [0.1, 0.15) is 9.90 Å². The maximum Gasteiger partial charge on any atom is 0.135 e.